The summed E-state index contributed by atoms with van der Waals surface area (Å²) in [5, 5.41) is 0. The van der Waals surface area contributed by atoms with Crippen molar-refractivity contribution < 1.29 is 14.3 Å². The molecule has 5 heteroatoms. The SMILES string of the molecule is COCCN(CCOC)CCC(=O)c1ccc(C)c(N)c1. The van der Waals surface area contributed by atoms with Crippen molar-refractivity contribution in [2.24, 2.45) is 0 Å². The van der Waals surface area contributed by atoms with Crippen LogP contribution in [0.5, 0.6) is 0 Å². The van der Waals surface area contributed by atoms with Crippen LogP contribution in [0.1, 0.15) is 22.3 Å². The normalized spacial score (nSPS) is 11.0. The fraction of sp³-hybridized carbons (Fsp3) is 0.562. The van der Waals surface area contributed by atoms with Crippen LogP contribution >= 0.6 is 0 Å². The molecule has 0 spiro atoms. The lowest BCUT2D eigenvalue weighted by Crippen LogP contribution is -2.32. The number of carbonyl (C=O) groups excluding carboxylic acids is 1. The van der Waals surface area contributed by atoms with Crippen molar-refractivity contribution in [2.75, 3.05) is 52.8 Å². The molecule has 21 heavy (non-hydrogen) atoms. The van der Waals surface area contributed by atoms with Crippen LogP contribution in [-0.2, 0) is 9.47 Å². The van der Waals surface area contributed by atoms with Gasteiger partial charge in [0.05, 0.1) is 13.2 Å². The van der Waals surface area contributed by atoms with Gasteiger partial charge >= 0.3 is 0 Å². The Morgan fingerprint density at radius 1 is 1.14 bits per heavy atom. The molecular weight excluding hydrogens is 268 g/mol. The van der Waals surface area contributed by atoms with Crippen molar-refractivity contribution in [3.63, 3.8) is 0 Å². The minimum absolute atomic E-state index is 0.113. The quantitative estimate of drug-likeness (QED) is 0.526. The van der Waals surface area contributed by atoms with E-state index in [-0.39, 0.29) is 5.78 Å². The summed E-state index contributed by atoms with van der Waals surface area (Å²) in [4.78, 5) is 14.4. The highest BCUT2D eigenvalue weighted by molar-refractivity contribution is 5.97. The lowest BCUT2D eigenvalue weighted by atomic mass is 10.0. The standard InChI is InChI=1S/C16H26N2O3/c1-13-4-5-14(12-15(13)17)16(19)6-7-18(8-10-20-2)9-11-21-3/h4-5,12H,6-11,17H2,1-3H3. The minimum atomic E-state index is 0.113. The van der Waals surface area contributed by atoms with Crippen LogP contribution in [0.4, 0.5) is 5.69 Å². The molecule has 0 atom stereocenters. The van der Waals surface area contributed by atoms with Crippen LogP contribution in [0.15, 0.2) is 18.2 Å². The first kappa shape index (κ1) is 17.6. The third-order valence-electron chi connectivity index (χ3n) is 3.48. The summed E-state index contributed by atoms with van der Waals surface area (Å²) < 4.78 is 10.2. The third kappa shape index (κ3) is 6.25. The van der Waals surface area contributed by atoms with E-state index in [1.54, 1.807) is 20.3 Å². The molecule has 0 bridgehead atoms. The predicted octanol–water partition coefficient (Wildman–Crippen LogP) is 1.74. The Balaban J connectivity index is 2.52. The van der Waals surface area contributed by atoms with E-state index in [0.717, 1.165) is 18.7 Å². The van der Waals surface area contributed by atoms with Crippen molar-refractivity contribution in [3.05, 3.63) is 29.3 Å². The fourth-order valence-electron chi connectivity index (χ4n) is 1.99. The van der Waals surface area contributed by atoms with Gasteiger partial charge in [-0.25, -0.2) is 0 Å². The molecule has 0 radical (unpaired) electrons. The van der Waals surface area contributed by atoms with Gasteiger partial charge < -0.3 is 15.2 Å². The van der Waals surface area contributed by atoms with E-state index >= 15 is 0 Å². The van der Waals surface area contributed by atoms with Gasteiger partial charge in [0.1, 0.15) is 0 Å². The van der Waals surface area contributed by atoms with Gasteiger partial charge in [-0.15, -0.1) is 0 Å². The predicted molar refractivity (Wildman–Crippen MR) is 84.7 cm³/mol. The highest BCUT2D eigenvalue weighted by Gasteiger charge is 2.11. The second kappa shape index (κ2) is 9.50. The van der Waals surface area contributed by atoms with Crippen molar-refractivity contribution in [1.29, 1.82) is 0 Å². The highest BCUT2D eigenvalue weighted by Crippen LogP contribution is 2.14. The summed E-state index contributed by atoms with van der Waals surface area (Å²) in [5.74, 6) is 0.113. The van der Waals surface area contributed by atoms with E-state index in [1.807, 2.05) is 19.1 Å². The van der Waals surface area contributed by atoms with Gasteiger partial charge in [0.2, 0.25) is 0 Å². The summed E-state index contributed by atoms with van der Waals surface area (Å²) >= 11 is 0. The van der Waals surface area contributed by atoms with E-state index in [4.69, 9.17) is 15.2 Å². The number of benzene rings is 1. The number of ketones is 1. The van der Waals surface area contributed by atoms with Crippen molar-refractivity contribution in [1.82, 2.24) is 4.90 Å². The molecule has 1 aromatic carbocycles. The summed E-state index contributed by atoms with van der Waals surface area (Å²) in [6, 6.07) is 5.48. The lowest BCUT2D eigenvalue weighted by molar-refractivity contribution is 0.0911. The molecule has 0 aliphatic heterocycles. The number of nitrogens with two attached hydrogens (primary N) is 1. The maximum absolute atomic E-state index is 12.2. The zero-order valence-electron chi connectivity index (χ0n) is 13.2. The molecule has 2 N–H and O–H groups in total. The van der Waals surface area contributed by atoms with Gasteiger partial charge in [0, 0.05) is 51.5 Å². The summed E-state index contributed by atoms with van der Waals surface area (Å²) in [5.41, 5.74) is 8.18. The number of nitrogen functional groups attached to an aromatic ring is 1. The van der Waals surface area contributed by atoms with Crippen LogP contribution in [0.3, 0.4) is 0 Å². The second-order valence-corrected chi connectivity index (χ2v) is 5.07. The Hall–Kier alpha value is -1.43. The molecule has 118 valence electrons. The largest absolute Gasteiger partial charge is 0.398 e. The zero-order chi connectivity index (χ0) is 15.7. The molecule has 0 amide bonds. The lowest BCUT2D eigenvalue weighted by Gasteiger charge is -2.21. The van der Waals surface area contributed by atoms with Crippen molar-refractivity contribution in [2.45, 2.75) is 13.3 Å². The van der Waals surface area contributed by atoms with E-state index < -0.39 is 0 Å². The number of rotatable bonds is 10. The average Bonchev–Trinajstić information content (AvgIpc) is 2.49. The van der Waals surface area contributed by atoms with Gasteiger partial charge in [-0.05, 0) is 18.6 Å². The first-order valence-electron chi connectivity index (χ1n) is 7.18. The first-order valence-corrected chi connectivity index (χ1v) is 7.18. The van der Waals surface area contributed by atoms with Crippen LogP contribution < -0.4 is 5.73 Å². The monoisotopic (exact) mass is 294 g/mol. The Kier molecular flexibility index (Phi) is 7.97. The van der Waals surface area contributed by atoms with Gasteiger partial charge in [0.25, 0.3) is 0 Å². The Morgan fingerprint density at radius 3 is 2.29 bits per heavy atom. The van der Waals surface area contributed by atoms with E-state index in [1.165, 1.54) is 0 Å². The first-order chi connectivity index (χ1) is 10.1. The summed E-state index contributed by atoms with van der Waals surface area (Å²) in [6.07, 6.45) is 0.468. The van der Waals surface area contributed by atoms with Crippen LogP contribution in [0.25, 0.3) is 0 Å². The summed E-state index contributed by atoms with van der Waals surface area (Å²) in [7, 11) is 3.35. The highest BCUT2D eigenvalue weighted by atomic mass is 16.5. The number of aryl methyl sites for hydroxylation is 1. The molecule has 0 saturated carbocycles. The number of ether oxygens (including phenoxy) is 2. The number of nitrogens with zero attached hydrogens (tertiary/aromatic N) is 1. The molecule has 1 aromatic rings. The molecule has 0 fully saturated rings. The second-order valence-electron chi connectivity index (χ2n) is 5.07. The van der Waals surface area contributed by atoms with Crippen LogP contribution in [-0.4, -0.2) is 57.8 Å². The third-order valence-corrected chi connectivity index (χ3v) is 3.48. The number of anilines is 1. The smallest absolute Gasteiger partial charge is 0.164 e. The minimum Gasteiger partial charge on any atom is -0.398 e. The van der Waals surface area contributed by atoms with Crippen LogP contribution in [0, 0.1) is 6.92 Å². The maximum atomic E-state index is 12.2. The Bertz CT molecular complexity index is 441. The Morgan fingerprint density at radius 2 is 1.76 bits per heavy atom. The molecule has 0 unspecified atom stereocenters. The van der Waals surface area contributed by atoms with E-state index in [2.05, 4.69) is 4.90 Å². The molecule has 0 aromatic heterocycles. The van der Waals surface area contributed by atoms with Crippen molar-refractivity contribution >= 4 is 11.5 Å². The number of methoxy groups -OCH3 is 2. The fourth-order valence-corrected chi connectivity index (χ4v) is 1.99. The topological polar surface area (TPSA) is 64.8 Å². The van der Waals surface area contributed by atoms with E-state index in [9.17, 15) is 4.79 Å². The molecule has 5 nitrogen and oxygen atoms in total. The Labute approximate surface area is 127 Å². The zero-order valence-corrected chi connectivity index (χ0v) is 13.2. The van der Waals surface area contributed by atoms with Gasteiger partial charge in [-0.1, -0.05) is 12.1 Å². The van der Waals surface area contributed by atoms with Crippen LogP contribution in [0.2, 0.25) is 0 Å². The number of carbonyl (C=O) groups is 1. The molecule has 1 rings (SSSR count). The molecule has 0 saturated heterocycles. The average molecular weight is 294 g/mol. The van der Waals surface area contributed by atoms with Gasteiger partial charge in [0.15, 0.2) is 5.78 Å². The molecule has 0 heterocycles. The molecule has 0 aliphatic rings. The molecular formula is C16H26N2O3. The number of hydrogen-bond donors (Lipinski definition) is 1. The summed E-state index contributed by atoms with van der Waals surface area (Å²) in [6.45, 7) is 5.51. The molecule has 0 aliphatic carbocycles. The number of hydrogen-bond acceptors (Lipinski definition) is 5. The van der Waals surface area contributed by atoms with Crippen molar-refractivity contribution in [3.8, 4) is 0 Å². The maximum Gasteiger partial charge on any atom is 0.164 e. The van der Waals surface area contributed by atoms with Gasteiger partial charge in [-0.2, -0.15) is 0 Å². The van der Waals surface area contributed by atoms with E-state index in [0.29, 0.717) is 37.4 Å². The number of Topliss-reactive ketones (excluding diaryl/α,β-unsaturated/α-hetero) is 1. The van der Waals surface area contributed by atoms with Gasteiger partial charge in [-0.3, -0.25) is 9.69 Å².